The molecule has 3 heterocycles. The zero-order chi connectivity index (χ0) is 24.9. The lowest BCUT2D eigenvalue weighted by Gasteiger charge is -2.35. The summed E-state index contributed by atoms with van der Waals surface area (Å²) in [4.78, 5) is 31.6. The number of rotatable bonds is 6. The average Bonchev–Trinajstić information content (AvgIpc) is 3.19. The van der Waals surface area contributed by atoms with Crippen molar-refractivity contribution in [3.05, 3.63) is 53.8 Å². The summed E-state index contributed by atoms with van der Waals surface area (Å²) in [5.74, 6) is 1.14. The van der Waals surface area contributed by atoms with Gasteiger partial charge in [0.15, 0.2) is 11.5 Å². The van der Waals surface area contributed by atoms with E-state index < -0.39 is 0 Å². The number of hydrogen-bond acceptors (Lipinski definition) is 6. The molecule has 1 atom stereocenters. The van der Waals surface area contributed by atoms with Crippen LogP contribution in [0.15, 0.2) is 42.5 Å². The standard InChI is InChI=1S/C27H33FN4O4/c28-21-4-1-5-22(17-21)29-26(33)18-30-10-12-31(13-11-30)27(34)19-32-9-2-6-23(32)20-7-8-24-25(16-20)36-15-3-14-35-24/h1,4-5,7-8,16-17,23H,2-3,6,9-15,18-19H2,(H,29,33)/t23-/m0/s1. The molecule has 3 aliphatic rings. The Morgan fingerprint density at radius 1 is 0.917 bits per heavy atom. The van der Waals surface area contributed by atoms with E-state index in [2.05, 4.69) is 22.3 Å². The number of halogens is 1. The minimum atomic E-state index is -0.385. The molecule has 2 aromatic rings. The maximum atomic E-state index is 13.3. The summed E-state index contributed by atoms with van der Waals surface area (Å²) in [5, 5.41) is 2.73. The molecular weight excluding hydrogens is 463 g/mol. The van der Waals surface area contributed by atoms with Crippen molar-refractivity contribution in [2.75, 3.05) is 64.3 Å². The van der Waals surface area contributed by atoms with E-state index in [-0.39, 0.29) is 30.2 Å². The lowest BCUT2D eigenvalue weighted by Crippen LogP contribution is -2.52. The summed E-state index contributed by atoms with van der Waals surface area (Å²) in [6.07, 6.45) is 2.95. The highest BCUT2D eigenvalue weighted by molar-refractivity contribution is 5.92. The second-order valence-electron chi connectivity index (χ2n) is 9.60. The fraction of sp³-hybridized carbons (Fsp3) is 0.481. The van der Waals surface area contributed by atoms with Crippen molar-refractivity contribution >= 4 is 17.5 Å². The quantitative estimate of drug-likeness (QED) is 0.663. The SMILES string of the molecule is O=C(CN1CCN(C(=O)CN2CCC[C@H]2c2ccc3c(c2)OCCCO3)CC1)Nc1cccc(F)c1. The average molecular weight is 497 g/mol. The highest BCUT2D eigenvalue weighted by Crippen LogP contribution is 2.37. The van der Waals surface area contributed by atoms with Crippen LogP contribution < -0.4 is 14.8 Å². The van der Waals surface area contributed by atoms with Crippen LogP contribution in [0.2, 0.25) is 0 Å². The van der Waals surface area contributed by atoms with Gasteiger partial charge in [-0.2, -0.15) is 0 Å². The number of amides is 2. The van der Waals surface area contributed by atoms with Gasteiger partial charge in [-0.15, -0.1) is 0 Å². The molecule has 0 bridgehead atoms. The first-order valence-electron chi connectivity index (χ1n) is 12.7. The van der Waals surface area contributed by atoms with Crippen molar-refractivity contribution in [2.24, 2.45) is 0 Å². The number of fused-ring (bicyclic) bond motifs is 1. The molecule has 5 rings (SSSR count). The normalized spacial score (nSPS) is 20.7. The molecule has 2 fully saturated rings. The summed E-state index contributed by atoms with van der Waals surface area (Å²) >= 11 is 0. The Morgan fingerprint density at radius 2 is 1.72 bits per heavy atom. The van der Waals surface area contributed by atoms with Gasteiger partial charge in [-0.3, -0.25) is 19.4 Å². The van der Waals surface area contributed by atoms with E-state index >= 15 is 0 Å². The van der Waals surface area contributed by atoms with Crippen molar-refractivity contribution in [3.63, 3.8) is 0 Å². The molecule has 2 aromatic carbocycles. The summed E-state index contributed by atoms with van der Waals surface area (Å²) in [7, 11) is 0. The van der Waals surface area contributed by atoms with Gasteiger partial charge >= 0.3 is 0 Å². The van der Waals surface area contributed by atoms with E-state index in [0.29, 0.717) is 51.6 Å². The predicted molar refractivity (Wildman–Crippen MR) is 134 cm³/mol. The molecule has 0 saturated carbocycles. The van der Waals surface area contributed by atoms with Gasteiger partial charge in [0.25, 0.3) is 0 Å². The van der Waals surface area contributed by atoms with Gasteiger partial charge < -0.3 is 19.7 Å². The Balaban J connectivity index is 1.11. The summed E-state index contributed by atoms with van der Waals surface area (Å²) in [5.41, 5.74) is 1.61. The number of nitrogens with one attached hydrogen (secondary N) is 1. The third-order valence-electron chi connectivity index (χ3n) is 7.06. The fourth-order valence-electron chi connectivity index (χ4n) is 5.18. The van der Waals surface area contributed by atoms with Crippen molar-refractivity contribution in [1.82, 2.24) is 14.7 Å². The molecule has 192 valence electrons. The molecule has 0 aliphatic carbocycles. The largest absolute Gasteiger partial charge is 0.490 e. The van der Waals surface area contributed by atoms with E-state index in [0.717, 1.165) is 37.3 Å². The first-order chi connectivity index (χ1) is 17.5. The van der Waals surface area contributed by atoms with E-state index in [1.54, 1.807) is 12.1 Å². The Bertz CT molecular complexity index is 1090. The molecular formula is C27H33FN4O4. The molecule has 0 spiro atoms. The number of anilines is 1. The molecule has 36 heavy (non-hydrogen) atoms. The molecule has 0 unspecified atom stereocenters. The van der Waals surface area contributed by atoms with Crippen molar-refractivity contribution in [3.8, 4) is 11.5 Å². The van der Waals surface area contributed by atoms with Crippen molar-refractivity contribution < 1.29 is 23.5 Å². The van der Waals surface area contributed by atoms with E-state index in [9.17, 15) is 14.0 Å². The van der Waals surface area contributed by atoms with Gasteiger partial charge in [-0.25, -0.2) is 4.39 Å². The molecule has 8 nitrogen and oxygen atoms in total. The van der Waals surface area contributed by atoms with Crippen molar-refractivity contribution in [2.45, 2.75) is 25.3 Å². The first kappa shape index (κ1) is 24.5. The van der Waals surface area contributed by atoms with Crippen LogP contribution in [0.1, 0.15) is 30.9 Å². The smallest absolute Gasteiger partial charge is 0.238 e. The number of piperazine rings is 1. The van der Waals surface area contributed by atoms with Crippen LogP contribution in [0.25, 0.3) is 0 Å². The van der Waals surface area contributed by atoms with Crippen LogP contribution in [-0.4, -0.2) is 85.5 Å². The first-order valence-corrected chi connectivity index (χ1v) is 12.7. The lowest BCUT2D eigenvalue weighted by atomic mass is 10.0. The van der Waals surface area contributed by atoms with Gasteiger partial charge in [0.05, 0.1) is 26.3 Å². The Labute approximate surface area is 210 Å². The highest BCUT2D eigenvalue weighted by Gasteiger charge is 2.31. The maximum absolute atomic E-state index is 13.3. The molecule has 9 heteroatoms. The van der Waals surface area contributed by atoms with Gasteiger partial charge in [0.1, 0.15) is 5.82 Å². The number of ether oxygens (including phenoxy) is 2. The topological polar surface area (TPSA) is 74.4 Å². The Morgan fingerprint density at radius 3 is 2.53 bits per heavy atom. The number of benzene rings is 2. The minimum Gasteiger partial charge on any atom is -0.490 e. The van der Waals surface area contributed by atoms with Gasteiger partial charge in [-0.05, 0) is 55.3 Å². The van der Waals surface area contributed by atoms with Gasteiger partial charge in [0, 0.05) is 44.3 Å². The highest BCUT2D eigenvalue weighted by atomic mass is 19.1. The van der Waals surface area contributed by atoms with Crippen LogP contribution in [0, 0.1) is 5.82 Å². The summed E-state index contributed by atoms with van der Waals surface area (Å²) < 4.78 is 25.0. The van der Waals surface area contributed by atoms with E-state index in [4.69, 9.17) is 9.47 Å². The third kappa shape index (κ3) is 5.96. The van der Waals surface area contributed by atoms with Gasteiger partial charge in [0.2, 0.25) is 11.8 Å². The zero-order valence-electron chi connectivity index (χ0n) is 20.5. The number of carbonyl (C=O) groups excluding carboxylic acids is 2. The van der Waals surface area contributed by atoms with Gasteiger partial charge in [-0.1, -0.05) is 12.1 Å². The monoisotopic (exact) mass is 496 g/mol. The molecule has 0 aromatic heterocycles. The zero-order valence-corrected chi connectivity index (χ0v) is 20.5. The minimum absolute atomic E-state index is 0.125. The van der Waals surface area contributed by atoms with Crippen LogP contribution in [0.3, 0.4) is 0 Å². The number of nitrogens with zero attached hydrogens (tertiary/aromatic N) is 3. The van der Waals surface area contributed by atoms with Crippen LogP contribution in [0.4, 0.5) is 10.1 Å². The summed E-state index contributed by atoms with van der Waals surface area (Å²) in [6.45, 7) is 5.27. The summed E-state index contributed by atoms with van der Waals surface area (Å²) in [6, 6.07) is 12.2. The second kappa shape index (κ2) is 11.3. The molecule has 2 saturated heterocycles. The lowest BCUT2D eigenvalue weighted by molar-refractivity contribution is -0.134. The molecule has 2 amide bonds. The predicted octanol–water partition coefficient (Wildman–Crippen LogP) is 2.91. The molecule has 3 aliphatic heterocycles. The molecule has 0 radical (unpaired) electrons. The van der Waals surface area contributed by atoms with E-state index in [1.165, 1.54) is 17.7 Å². The second-order valence-corrected chi connectivity index (χ2v) is 9.60. The Kier molecular flexibility index (Phi) is 7.67. The molecule has 1 N–H and O–H groups in total. The van der Waals surface area contributed by atoms with Crippen LogP contribution in [0.5, 0.6) is 11.5 Å². The van der Waals surface area contributed by atoms with Crippen LogP contribution in [-0.2, 0) is 9.59 Å². The number of carbonyl (C=O) groups is 2. The number of hydrogen-bond donors (Lipinski definition) is 1. The van der Waals surface area contributed by atoms with E-state index in [1.807, 2.05) is 15.9 Å². The maximum Gasteiger partial charge on any atom is 0.238 e. The third-order valence-corrected chi connectivity index (χ3v) is 7.06. The Hall–Kier alpha value is -3.17. The fourth-order valence-corrected chi connectivity index (χ4v) is 5.18. The van der Waals surface area contributed by atoms with Crippen molar-refractivity contribution in [1.29, 1.82) is 0 Å². The number of likely N-dealkylation sites (tertiary alicyclic amines) is 1. The van der Waals surface area contributed by atoms with Crippen LogP contribution >= 0.6 is 0 Å².